The third-order valence-electron chi connectivity index (χ3n) is 3.62. The minimum atomic E-state index is -0.473. The number of amides is 1. The van der Waals surface area contributed by atoms with Crippen LogP contribution in [0.4, 0.5) is 0 Å². The predicted octanol–water partition coefficient (Wildman–Crippen LogP) is 4.47. The summed E-state index contributed by atoms with van der Waals surface area (Å²) in [6, 6.07) is 14.5. The van der Waals surface area contributed by atoms with Gasteiger partial charge in [-0.3, -0.25) is 9.36 Å². The molecular formula is C19H20N2OS. The number of hydrogen-bond donors (Lipinski definition) is 0. The monoisotopic (exact) mass is 324 g/mol. The second-order valence-corrected chi connectivity index (χ2v) is 7.91. The average molecular weight is 324 g/mol. The summed E-state index contributed by atoms with van der Waals surface area (Å²) in [5, 5.41) is 2.38. The number of fused-ring (bicyclic) bond motifs is 1. The van der Waals surface area contributed by atoms with E-state index in [1.807, 2.05) is 50.6 Å². The first-order valence-electron chi connectivity index (χ1n) is 7.62. The number of nitrogens with zero attached hydrogens (tertiary/aromatic N) is 2. The van der Waals surface area contributed by atoms with E-state index in [2.05, 4.69) is 35.3 Å². The molecule has 118 valence electrons. The summed E-state index contributed by atoms with van der Waals surface area (Å²) in [5.41, 5.74) is 0.549. The molecule has 0 bridgehead atoms. The SMILES string of the molecule is Cc1cn(-c2ccc3ccccc3c2)c(=NC(=O)C(C)(C)C)s1. The number of hydrogen-bond acceptors (Lipinski definition) is 2. The van der Waals surface area contributed by atoms with Gasteiger partial charge < -0.3 is 0 Å². The van der Waals surface area contributed by atoms with Gasteiger partial charge in [-0.15, -0.1) is 11.3 Å². The minimum Gasteiger partial charge on any atom is -0.292 e. The van der Waals surface area contributed by atoms with Crippen molar-refractivity contribution in [2.75, 3.05) is 0 Å². The number of aryl methyl sites for hydroxylation is 1. The molecule has 0 saturated heterocycles. The molecule has 1 amide bonds. The standard InChI is InChI=1S/C19H20N2OS/c1-13-12-21(18(23-13)20-17(22)19(2,3)4)16-10-9-14-7-5-6-8-15(14)11-16/h5-12H,1-4H3. The lowest BCUT2D eigenvalue weighted by Crippen LogP contribution is -2.22. The molecule has 0 aliphatic carbocycles. The van der Waals surface area contributed by atoms with Gasteiger partial charge in [-0.1, -0.05) is 51.1 Å². The van der Waals surface area contributed by atoms with Crippen molar-refractivity contribution < 1.29 is 4.79 Å². The van der Waals surface area contributed by atoms with Crippen LogP contribution < -0.4 is 4.80 Å². The summed E-state index contributed by atoms with van der Waals surface area (Å²) in [4.78, 5) is 18.5. The summed E-state index contributed by atoms with van der Waals surface area (Å²) in [7, 11) is 0. The molecule has 0 spiro atoms. The molecule has 1 aromatic heterocycles. The van der Waals surface area contributed by atoms with Gasteiger partial charge in [0.25, 0.3) is 5.91 Å². The van der Waals surface area contributed by atoms with Crippen molar-refractivity contribution >= 4 is 28.0 Å². The first-order valence-corrected chi connectivity index (χ1v) is 8.44. The van der Waals surface area contributed by atoms with Crippen LogP contribution in [0.5, 0.6) is 0 Å². The summed E-state index contributed by atoms with van der Waals surface area (Å²) < 4.78 is 2.00. The zero-order valence-electron chi connectivity index (χ0n) is 13.8. The Morgan fingerprint density at radius 2 is 1.78 bits per heavy atom. The van der Waals surface area contributed by atoms with Gasteiger partial charge in [0, 0.05) is 22.2 Å². The molecule has 3 rings (SSSR count). The quantitative estimate of drug-likeness (QED) is 0.650. The highest BCUT2D eigenvalue weighted by atomic mass is 32.1. The zero-order valence-corrected chi connectivity index (χ0v) is 14.6. The van der Waals surface area contributed by atoms with Crippen LogP contribution >= 0.6 is 11.3 Å². The smallest absolute Gasteiger partial charge is 0.253 e. The molecule has 0 fully saturated rings. The van der Waals surface area contributed by atoms with Gasteiger partial charge >= 0.3 is 0 Å². The second kappa shape index (κ2) is 5.78. The second-order valence-electron chi connectivity index (χ2n) is 6.69. The van der Waals surface area contributed by atoms with E-state index in [-0.39, 0.29) is 5.91 Å². The van der Waals surface area contributed by atoms with Crippen LogP contribution in [0.15, 0.2) is 53.7 Å². The van der Waals surface area contributed by atoms with Crippen LogP contribution in [0.25, 0.3) is 16.5 Å². The first-order chi connectivity index (χ1) is 10.8. The number of benzene rings is 2. The molecule has 23 heavy (non-hydrogen) atoms. The van der Waals surface area contributed by atoms with Crippen molar-refractivity contribution in [3.05, 3.63) is 58.3 Å². The maximum atomic E-state index is 12.3. The van der Waals surface area contributed by atoms with Crippen molar-refractivity contribution in [3.63, 3.8) is 0 Å². The molecule has 0 saturated carbocycles. The van der Waals surface area contributed by atoms with E-state index in [9.17, 15) is 4.79 Å². The summed E-state index contributed by atoms with van der Waals surface area (Å²) >= 11 is 1.53. The van der Waals surface area contributed by atoms with Gasteiger partial charge in [0.15, 0.2) is 4.80 Å². The van der Waals surface area contributed by atoms with Crippen LogP contribution in [-0.2, 0) is 4.79 Å². The Hall–Kier alpha value is -2.20. The fourth-order valence-corrected chi connectivity index (χ4v) is 3.13. The molecule has 1 heterocycles. The van der Waals surface area contributed by atoms with Crippen molar-refractivity contribution in [2.45, 2.75) is 27.7 Å². The normalized spacial score (nSPS) is 12.8. The highest BCUT2D eigenvalue weighted by molar-refractivity contribution is 7.09. The highest BCUT2D eigenvalue weighted by Gasteiger charge is 2.21. The molecule has 0 N–H and O–H groups in total. The van der Waals surface area contributed by atoms with Crippen LogP contribution in [0.3, 0.4) is 0 Å². The van der Waals surface area contributed by atoms with E-state index in [1.165, 1.54) is 22.1 Å². The van der Waals surface area contributed by atoms with Crippen molar-refractivity contribution in [1.29, 1.82) is 0 Å². The Morgan fingerprint density at radius 1 is 1.09 bits per heavy atom. The molecule has 0 unspecified atom stereocenters. The van der Waals surface area contributed by atoms with Crippen molar-refractivity contribution in [1.82, 2.24) is 4.57 Å². The van der Waals surface area contributed by atoms with Gasteiger partial charge in [-0.2, -0.15) is 4.99 Å². The van der Waals surface area contributed by atoms with E-state index >= 15 is 0 Å². The Balaban J connectivity index is 2.16. The van der Waals surface area contributed by atoms with Crippen LogP contribution in [0.2, 0.25) is 0 Å². The third-order valence-corrected chi connectivity index (χ3v) is 4.52. The predicted molar refractivity (Wildman–Crippen MR) is 95.9 cm³/mol. The number of carbonyl (C=O) groups is 1. The Labute approximate surface area is 139 Å². The van der Waals surface area contributed by atoms with E-state index in [4.69, 9.17) is 0 Å². The largest absolute Gasteiger partial charge is 0.292 e. The van der Waals surface area contributed by atoms with E-state index in [1.54, 1.807) is 0 Å². The maximum absolute atomic E-state index is 12.3. The maximum Gasteiger partial charge on any atom is 0.253 e. The van der Waals surface area contributed by atoms with E-state index < -0.39 is 5.41 Å². The van der Waals surface area contributed by atoms with Gasteiger partial charge in [0.2, 0.25) is 0 Å². The van der Waals surface area contributed by atoms with Gasteiger partial charge in [-0.05, 0) is 29.8 Å². The van der Waals surface area contributed by atoms with Crippen molar-refractivity contribution in [3.8, 4) is 5.69 Å². The Bertz CT molecular complexity index is 942. The lowest BCUT2D eigenvalue weighted by atomic mass is 9.96. The van der Waals surface area contributed by atoms with Gasteiger partial charge in [0.05, 0.1) is 0 Å². The first kappa shape index (κ1) is 15.7. The van der Waals surface area contributed by atoms with E-state index in [0.29, 0.717) is 0 Å². The van der Waals surface area contributed by atoms with Crippen LogP contribution in [0.1, 0.15) is 25.6 Å². The van der Waals surface area contributed by atoms with Crippen molar-refractivity contribution in [2.24, 2.45) is 10.4 Å². The fourth-order valence-electron chi connectivity index (χ4n) is 2.30. The molecule has 0 atom stereocenters. The minimum absolute atomic E-state index is 0.103. The summed E-state index contributed by atoms with van der Waals surface area (Å²) in [6.07, 6.45) is 2.03. The fraction of sp³-hybridized carbons (Fsp3) is 0.263. The lowest BCUT2D eigenvalue weighted by Gasteiger charge is -2.12. The number of carbonyl (C=O) groups excluding carboxylic acids is 1. The molecule has 0 aliphatic rings. The number of rotatable bonds is 1. The van der Waals surface area contributed by atoms with E-state index in [0.717, 1.165) is 15.4 Å². The topological polar surface area (TPSA) is 34.4 Å². The Morgan fingerprint density at radius 3 is 2.48 bits per heavy atom. The molecule has 3 aromatic rings. The molecular weight excluding hydrogens is 304 g/mol. The van der Waals surface area contributed by atoms with Crippen LogP contribution in [0, 0.1) is 12.3 Å². The average Bonchev–Trinajstić information content (AvgIpc) is 2.86. The Kier molecular flexibility index (Phi) is 3.94. The van der Waals surface area contributed by atoms with Gasteiger partial charge in [0.1, 0.15) is 0 Å². The number of thiazole rings is 1. The highest BCUT2D eigenvalue weighted by Crippen LogP contribution is 2.19. The number of aromatic nitrogens is 1. The summed E-state index contributed by atoms with van der Waals surface area (Å²) in [5.74, 6) is -0.103. The summed E-state index contributed by atoms with van der Waals surface area (Å²) in [6.45, 7) is 7.70. The zero-order chi connectivity index (χ0) is 16.6. The molecule has 0 radical (unpaired) electrons. The van der Waals surface area contributed by atoms with Gasteiger partial charge in [-0.25, -0.2) is 0 Å². The lowest BCUT2D eigenvalue weighted by molar-refractivity contribution is -0.125. The third kappa shape index (κ3) is 3.27. The molecule has 4 heteroatoms. The molecule has 0 aliphatic heterocycles. The molecule has 3 nitrogen and oxygen atoms in total. The molecule has 2 aromatic carbocycles. The van der Waals surface area contributed by atoms with Crippen LogP contribution in [-0.4, -0.2) is 10.5 Å².